The average Bonchev–Trinajstić information content (AvgIpc) is 2.96. The lowest BCUT2D eigenvalue weighted by atomic mass is 10.1. The molecule has 2 rings (SSSR count). The number of benzene rings is 1. The Bertz CT molecular complexity index is 567. The van der Waals surface area contributed by atoms with E-state index in [1.54, 1.807) is 20.8 Å². The van der Waals surface area contributed by atoms with Crippen LogP contribution >= 0.6 is 0 Å². The number of amides is 1. The average molecular weight is 335 g/mol. The van der Waals surface area contributed by atoms with E-state index < -0.39 is 29.9 Å². The van der Waals surface area contributed by atoms with Crippen molar-refractivity contribution in [1.29, 1.82) is 0 Å². The number of carbonyl (C=O) groups excluding carboxylic acids is 2. The first kappa shape index (κ1) is 18.3. The predicted molar refractivity (Wildman–Crippen MR) is 88.1 cm³/mol. The molecule has 2 atom stereocenters. The summed E-state index contributed by atoms with van der Waals surface area (Å²) in [5.74, 6) is -0.432. The minimum atomic E-state index is -0.683. The van der Waals surface area contributed by atoms with Crippen molar-refractivity contribution in [1.82, 2.24) is 4.90 Å². The maximum Gasteiger partial charge on any atom is 0.412 e. The smallest absolute Gasteiger partial charge is 0.412 e. The summed E-state index contributed by atoms with van der Waals surface area (Å²) in [7, 11) is 1.51. The summed E-state index contributed by atoms with van der Waals surface area (Å²) in [6.07, 6.45) is 0.0131. The summed E-state index contributed by atoms with van der Waals surface area (Å²) in [6, 6.07) is 8.71. The Labute approximate surface area is 142 Å². The van der Waals surface area contributed by atoms with Gasteiger partial charge in [-0.2, -0.15) is 0 Å². The molecule has 1 saturated heterocycles. The molecule has 1 amide bonds. The summed E-state index contributed by atoms with van der Waals surface area (Å²) in [5, 5.41) is 0. The van der Waals surface area contributed by atoms with Crippen LogP contribution in [0.1, 0.15) is 39.2 Å². The van der Waals surface area contributed by atoms with Gasteiger partial charge in [0.05, 0.1) is 0 Å². The minimum Gasteiger partial charge on any atom is -0.458 e. The van der Waals surface area contributed by atoms with Crippen LogP contribution in [-0.4, -0.2) is 41.9 Å². The van der Waals surface area contributed by atoms with Gasteiger partial charge < -0.3 is 14.2 Å². The van der Waals surface area contributed by atoms with Crippen molar-refractivity contribution in [3.8, 4) is 0 Å². The second-order valence-corrected chi connectivity index (χ2v) is 6.76. The summed E-state index contributed by atoms with van der Waals surface area (Å²) >= 11 is 0. The molecule has 1 aromatic rings. The Morgan fingerprint density at radius 1 is 1.17 bits per heavy atom. The van der Waals surface area contributed by atoms with E-state index in [-0.39, 0.29) is 6.61 Å². The number of rotatable bonds is 4. The van der Waals surface area contributed by atoms with E-state index in [0.29, 0.717) is 12.8 Å². The van der Waals surface area contributed by atoms with Gasteiger partial charge in [-0.1, -0.05) is 30.3 Å². The van der Waals surface area contributed by atoms with Crippen LogP contribution in [0.3, 0.4) is 0 Å². The third kappa shape index (κ3) is 4.71. The van der Waals surface area contributed by atoms with Gasteiger partial charge in [-0.15, -0.1) is 0 Å². The third-order valence-corrected chi connectivity index (χ3v) is 3.70. The summed E-state index contributed by atoms with van der Waals surface area (Å²) in [5.41, 5.74) is 0.273. The van der Waals surface area contributed by atoms with E-state index >= 15 is 0 Å². The number of methoxy groups -OCH3 is 1. The second-order valence-electron chi connectivity index (χ2n) is 6.76. The minimum absolute atomic E-state index is 0.146. The number of ether oxygens (including phenoxy) is 3. The van der Waals surface area contributed by atoms with Crippen molar-refractivity contribution < 1.29 is 23.8 Å². The highest BCUT2D eigenvalue weighted by Crippen LogP contribution is 2.28. The first-order valence-corrected chi connectivity index (χ1v) is 8.06. The van der Waals surface area contributed by atoms with E-state index in [4.69, 9.17) is 14.2 Å². The SMILES string of the molecule is COC1CC[C@@H](C(=O)OC(C)(C)C)N1C(=O)OCc1ccccc1. The van der Waals surface area contributed by atoms with Crippen LogP contribution in [0.4, 0.5) is 4.79 Å². The third-order valence-electron chi connectivity index (χ3n) is 3.70. The maximum atomic E-state index is 12.5. The topological polar surface area (TPSA) is 65.1 Å². The molecular formula is C18H25NO5. The number of carbonyl (C=O) groups is 2. The van der Waals surface area contributed by atoms with Crippen LogP contribution in [0, 0.1) is 0 Å². The second kappa shape index (κ2) is 7.66. The molecule has 0 N–H and O–H groups in total. The quantitative estimate of drug-likeness (QED) is 0.791. The molecule has 1 fully saturated rings. The van der Waals surface area contributed by atoms with Crippen molar-refractivity contribution in [2.75, 3.05) is 7.11 Å². The van der Waals surface area contributed by atoms with Crippen LogP contribution in [0.2, 0.25) is 0 Å². The Morgan fingerprint density at radius 3 is 2.42 bits per heavy atom. The molecule has 6 heteroatoms. The van der Waals surface area contributed by atoms with Crippen molar-refractivity contribution in [3.05, 3.63) is 35.9 Å². The Hall–Kier alpha value is -2.08. The molecule has 0 spiro atoms. The summed E-state index contributed by atoms with van der Waals surface area (Å²) in [6.45, 7) is 5.54. The normalized spacial score (nSPS) is 20.8. The van der Waals surface area contributed by atoms with E-state index in [1.807, 2.05) is 30.3 Å². The number of hydrogen-bond acceptors (Lipinski definition) is 5. The molecule has 0 aromatic heterocycles. The van der Waals surface area contributed by atoms with E-state index in [9.17, 15) is 9.59 Å². The van der Waals surface area contributed by atoms with Gasteiger partial charge in [-0.25, -0.2) is 9.59 Å². The zero-order valence-electron chi connectivity index (χ0n) is 14.7. The standard InChI is InChI=1S/C18H25NO5/c1-18(2,3)24-16(20)14-10-11-15(22-4)19(14)17(21)23-12-13-8-6-5-7-9-13/h5-9,14-15H,10-12H2,1-4H3/t14-,15?/m0/s1. The van der Waals surface area contributed by atoms with E-state index in [2.05, 4.69) is 0 Å². The molecule has 1 aliphatic heterocycles. The summed E-state index contributed by atoms with van der Waals surface area (Å²) < 4.78 is 16.1. The monoisotopic (exact) mass is 335 g/mol. The van der Waals surface area contributed by atoms with Crippen molar-refractivity contribution in [3.63, 3.8) is 0 Å². The van der Waals surface area contributed by atoms with Gasteiger partial charge in [0, 0.05) is 7.11 Å². The zero-order valence-corrected chi connectivity index (χ0v) is 14.7. The van der Waals surface area contributed by atoms with Gasteiger partial charge in [-0.05, 0) is 39.2 Å². The van der Waals surface area contributed by atoms with Crippen LogP contribution in [0.15, 0.2) is 30.3 Å². The molecule has 1 heterocycles. The molecule has 1 aromatic carbocycles. The van der Waals surface area contributed by atoms with Gasteiger partial charge in [0.2, 0.25) is 0 Å². The van der Waals surface area contributed by atoms with Crippen LogP contribution in [-0.2, 0) is 25.6 Å². The van der Waals surface area contributed by atoms with Gasteiger partial charge in [-0.3, -0.25) is 4.90 Å². The lowest BCUT2D eigenvalue weighted by Crippen LogP contribution is -2.47. The fourth-order valence-corrected chi connectivity index (χ4v) is 2.65. The number of likely N-dealkylation sites (tertiary alicyclic amines) is 1. The molecule has 1 aliphatic rings. The van der Waals surface area contributed by atoms with Crippen molar-refractivity contribution in [2.24, 2.45) is 0 Å². The Kier molecular flexibility index (Phi) is 5.83. The molecule has 0 radical (unpaired) electrons. The van der Waals surface area contributed by atoms with Gasteiger partial charge in [0.25, 0.3) is 0 Å². The van der Waals surface area contributed by atoms with Crippen LogP contribution in [0.25, 0.3) is 0 Å². The molecule has 6 nitrogen and oxygen atoms in total. The molecule has 1 unspecified atom stereocenters. The zero-order chi connectivity index (χ0) is 17.7. The molecule has 0 aliphatic carbocycles. The molecule has 132 valence electrons. The molecular weight excluding hydrogens is 310 g/mol. The molecule has 0 saturated carbocycles. The molecule has 0 bridgehead atoms. The van der Waals surface area contributed by atoms with Crippen LogP contribution in [0.5, 0.6) is 0 Å². The van der Waals surface area contributed by atoms with Crippen LogP contribution < -0.4 is 0 Å². The lowest BCUT2D eigenvalue weighted by molar-refractivity contribution is -0.162. The maximum absolute atomic E-state index is 12.5. The first-order valence-electron chi connectivity index (χ1n) is 8.06. The number of hydrogen-bond donors (Lipinski definition) is 0. The van der Waals surface area contributed by atoms with E-state index in [0.717, 1.165) is 5.56 Å². The number of esters is 1. The van der Waals surface area contributed by atoms with Gasteiger partial charge in [0.15, 0.2) is 0 Å². The van der Waals surface area contributed by atoms with E-state index in [1.165, 1.54) is 12.0 Å². The highest BCUT2D eigenvalue weighted by molar-refractivity contribution is 5.82. The lowest BCUT2D eigenvalue weighted by Gasteiger charge is -2.29. The Balaban J connectivity index is 2.04. The predicted octanol–water partition coefficient (Wildman–Crippen LogP) is 3.10. The highest BCUT2D eigenvalue weighted by atomic mass is 16.6. The van der Waals surface area contributed by atoms with Crippen molar-refractivity contribution >= 4 is 12.1 Å². The highest BCUT2D eigenvalue weighted by Gasteiger charge is 2.44. The fourth-order valence-electron chi connectivity index (χ4n) is 2.65. The number of nitrogens with zero attached hydrogens (tertiary/aromatic N) is 1. The Morgan fingerprint density at radius 2 is 1.83 bits per heavy atom. The molecule has 24 heavy (non-hydrogen) atoms. The van der Waals surface area contributed by atoms with Gasteiger partial charge in [0.1, 0.15) is 24.5 Å². The fraction of sp³-hybridized carbons (Fsp3) is 0.556. The van der Waals surface area contributed by atoms with Crippen molar-refractivity contribution in [2.45, 2.75) is 58.1 Å². The largest absolute Gasteiger partial charge is 0.458 e. The van der Waals surface area contributed by atoms with Gasteiger partial charge >= 0.3 is 12.1 Å². The summed E-state index contributed by atoms with van der Waals surface area (Å²) in [4.78, 5) is 26.2. The first-order chi connectivity index (χ1) is 11.3.